The molecule has 0 spiro atoms. The van der Waals surface area contributed by atoms with Gasteiger partial charge in [-0.25, -0.2) is 4.79 Å². The van der Waals surface area contributed by atoms with Crippen LogP contribution in [0.25, 0.3) is 0 Å². The maximum atomic E-state index is 11.7. The Balaban J connectivity index is 2.18. The summed E-state index contributed by atoms with van der Waals surface area (Å²) in [5.74, 6) is 0.398. The highest BCUT2D eigenvalue weighted by molar-refractivity contribution is 6.31. The van der Waals surface area contributed by atoms with Crippen molar-refractivity contribution in [2.75, 3.05) is 12.4 Å². The third-order valence-corrected chi connectivity index (χ3v) is 3.92. The minimum Gasteiger partial charge on any atom is -0.465 e. The molecular weight excluding hydrogens is 262 g/mol. The quantitative estimate of drug-likeness (QED) is 0.847. The molecule has 1 saturated carbocycles. The molecular formula is C15H20ClNO2. The van der Waals surface area contributed by atoms with E-state index in [1.165, 1.54) is 20.0 Å². The Morgan fingerprint density at radius 1 is 1.42 bits per heavy atom. The highest BCUT2D eigenvalue weighted by Gasteiger charge is 2.21. The summed E-state index contributed by atoms with van der Waals surface area (Å²) in [6.07, 6.45) is 4.79. The van der Waals surface area contributed by atoms with Gasteiger partial charge in [0.05, 0.1) is 18.4 Å². The van der Waals surface area contributed by atoms with Crippen LogP contribution >= 0.6 is 11.6 Å². The van der Waals surface area contributed by atoms with Crippen molar-refractivity contribution in [3.05, 3.63) is 28.8 Å². The third kappa shape index (κ3) is 3.63. The van der Waals surface area contributed by atoms with Crippen molar-refractivity contribution in [1.82, 2.24) is 0 Å². The molecule has 2 unspecified atom stereocenters. The van der Waals surface area contributed by atoms with Crippen molar-refractivity contribution >= 4 is 23.3 Å². The number of benzene rings is 1. The molecule has 3 nitrogen and oxygen atoms in total. The molecule has 1 aromatic carbocycles. The van der Waals surface area contributed by atoms with Crippen LogP contribution in [0.3, 0.4) is 0 Å². The molecule has 1 fully saturated rings. The van der Waals surface area contributed by atoms with Crippen LogP contribution in [0.4, 0.5) is 5.69 Å². The van der Waals surface area contributed by atoms with Crippen LogP contribution in [0.15, 0.2) is 18.2 Å². The molecule has 19 heavy (non-hydrogen) atoms. The number of hydrogen-bond donors (Lipinski definition) is 1. The van der Waals surface area contributed by atoms with E-state index >= 15 is 0 Å². The molecule has 0 aromatic heterocycles. The van der Waals surface area contributed by atoms with E-state index in [0.29, 0.717) is 16.6 Å². The number of nitrogens with one attached hydrogen (secondary N) is 1. The molecule has 1 aliphatic rings. The Morgan fingerprint density at radius 2 is 2.21 bits per heavy atom. The second kappa shape index (κ2) is 6.29. The highest BCUT2D eigenvalue weighted by atomic mass is 35.5. The summed E-state index contributed by atoms with van der Waals surface area (Å²) >= 11 is 6.02. The van der Waals surface area contributed by atoms with E-state index in [1.54, 1.807) is 18.2 Å². The lowest BCUT2D eigenvalue weighted by Crippen LogP contribution is -2.27. The first kappa shape index (κ1) is 14.2. The van der Waals surface area contributed by atoms with E-state index in [-0.39, 0.29) is 5.97 Å². The maximum absolute atomic E-state index is 11.7. The van der Waals surface area contributed by atoms with Crippen molar-refractivity contribution in [1.29, 1.82) is 0 Å². The minimum absolute atomic E-state index is 0.331. The molecule has 2 rings (SSSR count). The monoisotopic (exact) mass is 281 g/mol. The van der Waals surface area contributed by atoms with Crippen molar-refractivity contribution in [3.63, 3.8) is 0 Å². The molecule has 1 aromatic rings. The number of ether oxygens (including phenoxy) is 1. The normalized spacial score (nSPS) is 22.9. The Morgan fingerprint density at radius 3 is 2.89 bits per heavy atom. The first-order chi connectivity index (χ1) is 9.10. The fraction of sp³-hybridized carbons (Fsp3) is 0.533. The number of carbonyl (C=O) groups excluding carboxylic acids is 1. The zero-order valence-corrected chi connectivity index (χ0v) is 12.2. The molecule has 1 aliphatic carbocycles. The molecule has 2 atom stereocenters. The zero-order chi connectivity index (χ0) is 13.8. The molecule has 0 aliphatic heterocycles. The number of methoxy groups -OCH3 is 1. The van der Waals surface area contributed by atoms with E-state index in [0.717, 1.165) is 24.4 Å². The van der Waals surface area contributed by atoms with Crippen LogP contribution in [0.2, 0.25) is 5.02 Å². The van der Waals surface area contributed by atoms with Gasteiger partial charge in [0.1, 0.15) is 0 Å². The summed E-state index contributed by atoms with van der Waals surface area (Å²) in [5, 5.41) is 4.07. The van der Waals surface area contributed by atoms with Gasteiger partial charge >= 0.3 is 5.97 Å². The van der Waals surface area contributed by atoms with Gasteiger partial charge in [0.25, 0.3) is 0 Å². The molecule has 0 amide bonds. The van der Waals surface area contributed by atoms with E-state index in [9.17, 15) is 4.79 Å². The molecule has 0 bridgehead atoms. The Labute approximate surface area is 119 Å². The number of carbonyl (C=O) groups is 1. The Bertz CT molecular complexity index is 461. The predicted molar refractivity (Wildman–Crippen MR) is 77.8 cm³/mol. The molecule has 104 valence electrons. The molecule has 4 heteroatoms. The van der Waals surface area contributed by atoms with Gasteiger partial charge in [-0.2, -0.15) is 0 Å². The van der Waals surface area contributed by atoms with Gasteiger partial charge in [0.15, 0.2) is 0 Å². The van der Waals surface area contributed by atoms with Gasteiger partial charge in [-0.05, 0) is 37.0 Å². The fourth-order valence-electron chi connectivity index (χ4n) is 2.71. The summed E-state index contributed by atoms with van der Waals surface area (Å²) < 4.78 is 4.81. The van der Waals surface area contributed by atoms with E-state index in [2.05, 4.69) is 12.2 Å². The van der Waals surface area contributed by atoms with E-state index < -0.39 is 0 Å². The zero-order valence-electron chi connectivity index (χ0n) is 11.4. The van der Waals surface area contributed by atoms with Gasteiger partial charge in [0, 0.05) is 11.1 Å². The van der Waals surface area contributed by atoms with Crippen LogP contribution in [-0.2, 0) is 4.74 Å². The Kier molecular flexibility index (Phi) is 4.70. The number of hydrogen-bond acceptors (Lipinski definition) is 3. The topological polar surface area (TPSA) is 38.3 Å². The van der Waals surface area contributed by atoms with Gasteiger partial charge in [-0.15, -0.1) is 0 Å². The lowest BCUT2D eigenvalue weighted by molar-refractivity contribution is 0.0602. The van der Waals surface area contributed by atoms with Crippen LogP contribution in [0, 0.1) is 5.92 Å². The van der Waals surface area contributed by atoms with Gasteiger partial charge in [-0.1, -0.05) is 31.4 Å². The van der Waals surface area contributed by atoms with Crippen LogP contribution < -0.4 is 5.32 Å². The van der Waals surface area contributed by atoms with Gasteiger partial charge in [0.2, 0.25) is 0 Å². The van der Waals surface area contributed by atoms with Gasteiger partial charge in [-0.3, -0.25) is 0 Å². The van der Waals surface area contributed by atoms with E-state index in [4.69, 9.17) is 16.3 Å². The SMILES string of the molecule is COC(=O)c1ccc(Cl)cc1NC1CCCC(C)C1. The fourth-order valence-corrected chi connectivity index (χ4v) is 2.88. The lowest BCUT2D eigenvalue weighted by Gasteiger charge is -2.29. The number of halogens is 1. The summed E-state index contributed by atoms with van der Waals surface area (Å²) in [6.45, 7) is 2.27. The smallest absolute Gasteiger partial charge is 0.339 e. The summed E-state index contributed by atoms with van der Waals surface area (Å²) in [4.78, 5) is 11.7. The van der Waals surface area contributed by atoms with Crippen molar-refractivity contribution < 1.29 is 9.53 Å². The molecule has 1 N–H and O–H groups in total. The summed E-state index contributed by atoms with van der Waals surface area (Å²) in [7, 11) is 1.39. The van der Waals surface area contributed by atoms with Crippen molar-refractivity contribution in [2.45, 2.75) is 38.6 Å². The van der Waals surface area contributed by atoms with Crippen molar-refractivity contribution in [3.8, 4) is 0 Å². The first-order valence-corrected chi connectivity index (χ1v) is 7.12. The van der Waals surface area contributed by atoms with Crippen molar-refractivity contribution in [2.24, 2.45) is 5.92 Å². The number of anilines is 1. The third-order valence-electron chi connectivity index (χ3n) is 3.68. The first-order valence-electron chi connectivity index (χ1n) is 6.74. The largest absolute Gasteiger partial charge is 0.465 e. The van der Waals surface area contributed by atoms with E-state index in [1.807, 2.05) is 0 Å². The standard InChI is InChI=1S/C15H20ClNO2/c1-10-4-3-5-12(8-10)17-14-9-11(16)6-7-13(14)15(18)19-2/h6-7,9-10,12,17H,3-5,8H2,1-2H3. The van der Waals surface area contributed by atoms with Crippen LogP contribution in [0.1, 0.15) is 43.0 Å². The number of rotatable bonds is 3. The highest BCUT2D eigenvalue weighted by Crippen LogP contribution is 2.29. The molecule has 0 heterocycles. The average Bonchev–Trinajstić information content (AvgIpc) is 2.38. The molecule has 0 saturated heterocycles. The second-order valence-corrected chi connectivity index (χ2v) is 5.73. The molecule has 0 radical (unpaired) electrons. The van der Waals surface area contributed by atoms with Crippen LogP contribution in [0.5, 0.6) is 0 Å². The summed E-state index contributed by atoms with van der Waals surface area (Å²) in [5.41, 5.74) is 1.32. The lowest BCUT2D eigenvalue weighted by atomic mass is 9.87. The number of esters is 1. The Hall–Kier alpha value is -1.22. The average molecular weight is 282 g/mol. The predicted octanol–water partition coefficient (Wildman–Crippen LogP) is 4.12. The minimum atomic E-state index is -0.331. The summed E-state index contributed by atoms with van der Waals surface area (Å²) in [6, 6.07) is 5.63. The van der Waals surface area contributed by atoms with Crippen LogP contribution in [-0.4, -0.2) is 19.1 Å². The maximum Gasteiger partial charge on any atom is 0.339 e. The van der Waals surface area contributed by atoms with Gasteiger partial charge < -0.3 is 10.1 Å². The second-order valence-electron chi connectivity index (χ2n) is 5.29.